The molecule has 1 aliphatic heterocycles. The van der Waals surface area contributed by atoms with Crippen molar-refractivity contribution in [2.75, 3.05) is 20.2 Å². The van der Waals surface area contributed by atoms with Crippen molar-refractivity contribution in [1.82, 2.24) is 15.2 Å². The monoisotopic (exact) mass is 435 g/mol. The molecule has 162 valence electrons. The molecule has 3 aromatic rings. The highest BCUT2D eigenvalue weighted by molar-refractivity contribution is 7.09. The molecule has 1 saturated heterocycles. The van der Waals surface area contributed by atoms with Gasteiger partial charge in [-0.25, -0.2) is 4.98 Å². The number of aromatic nitrogens is 1. The van der Waals surface area contributed by atoms with E-state index in [-0.39, 0.29) is 11.9 Å². The number of carbonyl (C=O) groups excluding carboxylic acids is 1. The number of benzene rings is 2. The van der Waals surface area contributed by atoms with Gasteiger partial charge in [0.15, 0.2) is 0 Å². The minimum atomic E-state index is -0.00628. The van der Waals surface area contributed by atoms with E-state index < -0.39 is 0 Å². The highest BCUT2D eigenvalue weighted by atomic mass is 32.1. The van der Waals surface area contributed by atoms with Gasteiger partial charge in [0.1, 0.15) is 10.8 Å². The zero-order valence-corrected chi connectivity index (χ0v) is 18.9. The second-order valence-corrected chi connectivity index (χ2v) is 9.01. The third-order valence-electron chi connectivity index (χ3n) is 5.87. The Labute approximate surface area is 188 Å². The Hall–Kier alpha value is -2.70. The minimum absolute atomic E-state index is 0.00394. The van der Waals surface area contributed by atoms with Crippen LogP contribution in [0.15, 0.2) is 60.1 Å². The van der Waals surface area contributed by atoms with E-state index in [2.05, 4.69) is 45.5 Å². The first-order chi connectivity index (χ1) is 15.1. The Balaban J connectivity index is 1.44. The van der Waals surface area contributed by atoms with Gasteiger partial charge in [-0.05, 0) is 42.5 Å². The van der Waals surface area contributed by atoms with Gasteiger partial charge >= 0.3 is 0 Å². The van der Waals surface area contributed by atoms with Crippen molar-refractivity contribution in [3.05, 3.63) is 70.7 Å². The number of ether oxygens (including phenoxy) is 1. The summed E-state index contributed by atoms with van der Waals surface area (Å²) < 4.78 is 5.50. The number of para-hydroxylation sites is 1. The number of amides is 1. The topological polar surface area (TPSA) is 54.5 Å². The van der Waals surface area contributed by atoms with Crippen LogP contribution in [0.5, 0.6) is 5.75 Å². The average Bonchev–Trinajstić information content (AvgIpc) is 3.33. The van der Waals surface area contributed by atoms with Crippen LogP contribution in [-0.2, 0) is 11.3 Å². The number of rotatable bonds is 7. The van der Waals surface area contributed by atoms with Crippen molar-refractivity contribution in [2.24, 2.45) is 5.92 Å². The molecule has 1 fully saturated rings. The Morgan fingerprint density at radius 3 is 2.77 bits per heavy atom. The fourth-order valence-corrected chi connectivity index (χ4v) is 5.21. The lowest BCUT2D eigenvalue weighted by molar-refractivity contribution is -0.120. The van der Waals surface area contributed by atoms with E-state index in [9.17, 15) is 4.79 Å². The normalized spacial score (nSPS) is 17.8. The first-order valence-corrected chi connectivity index (χ1v) is 11.6. The van der Waals surface area contributed by atoms with Crippen LogP contribution in [0.1, 0.15) is 36.4 Å². The van der Waals surface area contributed by atoms with Crippen molar-refractivity contribution in [3.8, 4) is 16.9 Å². The highest BCUT2D eigenvalue weighted by Gasteiger charge is 2.30. The third kappa shape index (κ3) is 5.32. The van der Waals surface area contributed by atoms with Crippen molar-refractivity contribution in [2.45, 2.75) is 32.4 Å². The van der Waals surface area contributed by atoms with E-state index in [0.717, 1.165) is 54.4 Å². The van der Waals surface area contributed by atoms with Crippen LogP contribution in [0.4, 0.5) is 0 Å². The van der Waals surface area contributed by atoms with E-state index in [1.165, 1.54) is 5.56 Å². The molecule has 0 radical (unpaired) electrons. The van der Waals surface area contributed by atoms with Crippen LogP contribution in [0.3, 0.4) is 0 Å². The zero-order chi connectivity index (χ0) is 21.6. The molecule has 1 N–H and O–H groups in total. The maximum Gasteiger partial charge on any atom is 0.217 e. The van der Waals surface area contributed by atoms with Crippen LogP contribution in [0.25, 0.3) is 11.1 Å². The molecule has 2 aromatic carbocycles. The van der Waals surface area contributed by atoms with E-state index in [1.807, 2.05) is 29.8 Å². The van der Waals surface area contributed by atoms with Crippen molar-refractivity contribution in [3.63, 3.8) is 0 Å². The molecular formula is C25H29N3O2S. The lowest BCUT2D eigenvalue weighted by Crippen LogP contribution is -2.42. The molecule has 5 nitrogen and oxygen atoms in total. The maximum absolute atomic E-state index is 11.8. The lowest BCUT2D eigenvalue weighted by atomic mass is 9.90. The number of methoxy groups -OCH3 is 1. The van der Waals surface area contributed by atoms with Gasteiger partial charge in [-0.15, -0.1) is 11.3 Å². The number of thiazole rings is 1. The molecule has 0 aliphatic carbocycles. The standard InChI is InChI=1S/C25H29N3O2S/c1-18(29)27-24(25-26-13-15-31-25)21-6-5-14-28(17-21)16-19-9-11-20(12-10-19)22-7-3-4-8-23(22)30-2/h3-4,7-13,15,21,24H,5-6,14,16-17H2,1-2H3,(H,27,29)/t21-,24-/m1/s1. The molecule has 1 aliphatic rings. The Kier molecular flexibility index (Phi) is 6.99. The van der Waals surface area contributed by atoms with E-state index in [0.29, 0.717) is 5.92 Å². The molecule has 0 bridgehead atoms. The summed E-state index contributed by atoms with van der Waals surface area (Å²) in [5.41, 5.74) is 3.56. The molecule has 31 heavy (non-hydrogen) atoms. The quantitative estimate of drug-likeness (QED) is 0.573. The van der Waals surface area contributed by atoms with Gasteiger partial charge in [-0.2, -0.15) is 0 Å². The molecular weight excluding hydrogens is 406 g/mol. The first kappa shape index (κ1) is 21.5. The molecule has 1 amide bonds. The number of hydrogen-bond donors (Lipinski definition) is 1. The summed E-state index contributed by atoms with van der Waals surface area (Å²) in [4.78, 5) is 18.8. The number of piperidine rings is 1. The number of carbonyl (C=O) groups is 1. The first-order valence-electron chi connectivity index (χ1n) is 10.7. The highest BCUT2D eigenvalue weighted by Crippen LogP contribution is 2.32. The second-order valence-electron chi connectivity index (χ2n) is 8.08. The molecule has 2 atom stereocenters. The summed E-state index contributed by atoms with van der Waals surface area (Å²) in [6.07, 6.45) is 4.05. The van der Waals surface area contributed by atoms with Gasteiger partial charge in [-0.1, -0.05) is 42.5 Å². The summed E-state index contributed by atoms with van der Waals surface area (Å²) in [7, 11) is 1.71. The van der Waals surface area contributed by atoms with Crippen LogP contribution >= 0.6 is 11.3 Å². The van der Waals surface area contributed by atoms with Crippen molar-refractivity contribution in [1.29, 1.82) is 0 Å². The molecule has 6 heteroatoms. The van der Waals surface area contributed by atoms with Crippen molar-refractivity contribution >= 4 is 17.2 Å². The van der Waals surface area contributed by atoms with Crippen LogP contribution in [0, 0.1) is 5.92 Å². The van der Waals surface area contributed by atoms with Gasteiger partial charge in [0.05, 0.1) is 13.2 Å². The van der Waals surface area contributed by atoms with E-state index in [4.69, 9.17) is 4.74 Å². The van der Waals surface area contributed by atoms with Gasteiger partial charge in [-0.3, -0.25) is 9.69 Å². The molecule has 0 saturated carbocycles. The fraction of sp³-hybridized carbons (Fsp3) is 0.360. The van der Waals surface area contributed by atoms with Gasteiger partial charge in [0.25, 0.3) is 0 Å². The van der Waals surface area contributed by atoms with Gasteiger partial charge < -0.3 is 10.1 Å². The van der Waals surface area contributed by atoms with Crippen LogP contribution in [0.2, 0.25) is 0 Å². The fourth-order valence-electron chi connectivity index (χ4n) is 4.43. The predicted octanol–water partition coefficient (Wildman–Crippen LogP) is 4.91. The van der Waals surface area contributed by atoms with Crippen LogP contribution in [-0.4, -0.2) is 36.0 Å². The predicted molar refractivity (Wildman–Crippen MR) is 125 cm³/mol. The average molecular weight is 436 g/mol. The summed E-state index contributed by atoms with van der Waals surface area (Å²) in [5, 5.41) is 6.13. The molecule has 4 rings (SSSR count). The molecule has 2 heterocycles. The molecule has 0 spiro atoms. The van der Waals surface area contributed by atoms with Gasteiger partial charge in [0.2, 0.25) is 5.91 Å². The lowest BCUT2D eigenvalue weighted by Gasteiger charge is -2.36. The number of likely N-dealkylation sites (tertiary alicyclic amines) is 1. The molecule has 1 aromatic heterocycles. The van der Waals surface area contributed by atoms with Crippen molar-refractivity contribution < 1.29 is 9.53 Å². The number of nitrogens with zero attached hydrogens (tertiary/aromatic N) is 2. The summed E-state index contributed by atoms with van der Waals surface area (Å²) >= 11 is 1.62. The number of nitrogens with one attached hydrogen (secondary N) is 1. The Morgan fingerprint density at radius 2 is 2.06 bits per heavy atom. The zero-order valence-electron chi connectivity index (χ0n) is 18.1. The van der Waals surface area contributed by atoms with E-state index >= 15 is 0 Å². The minimum Gasteiger partial charge on any atom is -0.496 e. The largest absolute Gasteiger partial charge is 0.496 e. The maximum atomic E-state index is 11.8. The third-order valence-corrected chi connectivity index (χ3v) is 6.73. The summed E-state index contributed by atoms with van der Waals surface area (Å²) in [5.74, 6) is 1.27. The van der Waals surface area contributed by atoms with E-state index in [1.54, 1.807) is 25.4 Å². The number of hydrogen-bond acceptors (Lipinski definition) is 5. The summed E-state index contributed by atoms with van der Waals surface area (Å²) in [6, 6.07) is 16.9. The Morgan fingerprint density at radius 1 is 1.26 bits per heavy atom. The smallest absolute Gasteiger partial charge is 0.217 e. The SMILES string of the molecule is COc1ccccc1-c1ccc(CN2CCC[C@@H]([C@@H](NC(C)=O)c3nccs3)C2)cc1. The van der Waals surface area contributed by atoms with Crippen LogP contribution < -0.4 is 10.1 Å². The second kappa shape index (κ2) is 10.1. The Bertz CT molecular complexity index is 988. The molecule has 0 unspecified atom stereocenters. The van der Waals surface area contributed by atoms with Gasteiger partial charge in [0, 0.05) is 37.2 Å². The summed E-state index contributed by atoms with van der Waals surface area (Å²) in [6.45, 7) is 4.53.